The molecule has 0 spiro atoms. The number of hydrogen-bond acceptors (Lipinski definition) is 3. The number of nitrogens with zero attached hydrogens (tertiary/aromatic N) is 4. The van der Waals surface area contributed by atoms with E-state index < -0.39 is 0 Å². The Labute approximate surface area is 145 Å². The maximum Gasteiger partial charge on any atom is 0.317 e. The highest BCUT2D eigenvalue weighted by Crippen LogP contribution is 2.20. The SMILES string of the molecule is CC(Cc1cnn(C)c1)NC(=O)N1CCC(N2CCCCC2)CC1. The standard InChI is InChI=1S/C18H31N5O/c1-15(12-16-13-19-21(2)14-16)20-18(24)23-10-6-17(7-11-23)22-8-4-3-5-9-22/h13-15,17H,3-12H2,1-2H3,(H,20,24). The Morgan fingerprint density at radius 1 is 1.25 bits per heavy atom. The van der Waals surface area contributed by atoms with Gasteiger partial charge in [-0.25, -0.2) is 4.79 Å². The summed E-state index contributed by atoms with van der Waals surface area (Å²) in [4.78, 5) is 17.1. The van der Waals surface area contributed by atoms with Gasteiger partial charge in [0, 0.05) is 38.4 Å². The Balaban J connectivity index is 1.41. The van der Waals surface area contributed by atoms with E-state index in [1.165, 1.54) is 32.4 Å². The highest BCUT2D eigenvalue weighted by Gasteiger charge is 2.27. The zero-order chi connectivity index (χ0) is 16.9. The van der Waals surface area contributed by atoms with E-state index in [1.54, 1.807) is 4.68 Å². The number of aromatic nitrogens is 2. The van der Waals surface area contributed by atoms with Gasteiger partial charge in [0.25, 0.3) is 0 Å². The first-order valence-corrected chi connectivity index (χ1v) is 9.39. The molecule has 2 aliphatic rings. The average Bonchev–Trinajstić information content (AvgIpc) is 3.00. The number of hydrogen-bond donors (Lipinski definition) is 1. The molecule has 1 atom stereocenters. The van der Waals surface area contributed by atoms with Crippen molar-refractivity contribution >= 4 is 6.03 Å². The van der Waals surface area contributed by atoms with Gasteiger partial charge in [0.2, 0.25) is 0 Å². The highest BCUT2D eigenvalue weighted by atomic mass is 16.2. The lowest BCUT2D eigenvalue weighted by Gasteiger charge is -2.40. The summed E-state index contributed by atoms with van der Waals surface area (Å²) in [6.07, 6.45) is 11.0. The minimum atomic E-state index is 0.0866. The van der Waals surface area contributed by atoms with Crippen LogP contribution in [-0.4, -0.2) is 63.9 Å². The molecule has 1 unspecified atom stereocenters. The second-order valence-corrected chi connectivity index (χ2v) is 7.39. The number of urea groups is 1. The first-order valence-electron chi connectivity index (χ1n) is 9.39. The van der Waals surface area contributed by atoms with Crippen LogP contribution in [-0.2, 0) is 13.5 Å². The maximum absolute atomic E-state index is 12.5. The van der Waals surface area contributed by atoms with Crippen LogP contribution in [0.2, 0.25) is 0 Å². The van der Waals surface area contributed by atoms with Crippen molar-refractivity contribution in [3.63, 3.8) is 0 Å². The van der Waals surface area contributed by atoms with Gasteiger partial charge in [0.1, 0.15) is 0 Å². The van der Waals surface area contributed by atoms with E-state index in [9.17, 15) is 4.79 Å². The third-order valence-electron chi connectivity index (χ3n) is 5.33. The summed E-state index contributed by atoms with van der Waals surface area (Å²) in [5.74, 6) is 0. The van der Waals surface area contributed by atoms with Crippen molar-refractivity contribution in [2.45, 2.75) is 57.5 Å². The van der Waals surface area contributed by atoms with Crippen molar-refractivity contribution in [2.24, 2.45) is 7.05 Å². The zero-order valence-corrected chi connectivity index (χ0v) is 15.1. The summed E-state index contributed by atoms with van der Waals surface area (Å²) in [6, 6.07) is 0.896. The van der Waals surface area contributed by atoms with Crippen LogP contribution in [0.15, 0.2) is 12.4 Å². The predicted octanol–water partition coefficient (Wildman–Crippen LogP) is 2.01. The lowest BCUT2D eigenvalue weighted by Crippen LogP contribution is -2.51. The molecule has 134 valence electrons. The van der Waals surface area contributed by atoms with E-state index in [2.05, 4.69) is 22.2 Å². The number of aryl methyl sites for hydroxylation is 1. The summed E-state index contributed by atoms with van der Waals surface area (Å²) in [5, 5.41) is 7.32. The Bertz CT molecular complexity index is 529. The van der Waals surface area contributed by atoms with Crippen LogP contribution in [0.3, 0.4) is 0 Å². The van der Waals surface area contributed by atoms with Crippen molar-refractivity contribution < 1.29 is 4.79 Å². The molecule has 6 heteroatoms. The molecular weight excluding hydrogens is 302 g/mol. The van der Waals surface area contributed by atoms with E-state index in [4.69, 9.17) is 0 Å². The number of carbonyl (C=O) groups is 1. The summed E-state index contributed by atoms with van der Waals surface area (Å²) in [6.45, 7) is 6.32. The number of rotatable bonds is 4. The molecular formula is C18H31N5O. The van der Waals surface area contributed by atoms with Crippen LogP contribution in [0.4, 0.5) is 4.79 Å². The molecule has 1 N–H and O–H groups in total. The van der Waals surface area contributed by atoms with Gasteiger partial charge >= 0.3 is 6.03 Å². The van der Waals surface area contributed by atoms with Gasteiger partial charge in [0.05, 0.1) is 6.20 Å². The quantitative estimate of drug-likeness (QED) is 0.917. The van der Waals surface area contributed by atoms with Crippen LogP contribution < -0.4 is 5.32 Å². The maximum atomic E-state index is 12.5. The molecule has 2 aliphatic heterocycles. The summed E-state index contributed by atoms with van der Waals surface area (Å²) >= 11 is 0. The summed E-state index contributed by atoms with van der Waals surface area (Å²) in [7, 11) is 1.92. The van der Waals surface area contributed by atoms with Crippen LogP contribution in [0.1, 0.15) is 44.6 Å². The summed E-state index contributed by atoms with van der Waals surface area (Å²) < 4.78 is 1.80. The second kappa shape index (κ2) is 8.01. The predicted molar refractivity (Wildman–Crippen MR) is 94.9 cm³/mol. The number of nitrogens with one attached hydrogen (secondary N) is 1. The van der Waals surface area contributed by atoms with Crippen molar-refractivity contribution in [1.82, 2.24) is 24.9 Å². The van der Waals surface area contributed by atoms with Gasteiger partial charge in [-0.05, 0) is 57.7 Å². The van der Waals surface area contributed by atoms with E-state index >= 15 is 0 Å². The number of amides is 2. The third kappa shape index (κ3) is 4.50. The second-order valence-electron chi connectivity index (χ2n) is 7.39. The smallest absolute Gasteiger partial charge is 0.317 e. The molecule has 6 nitrogen and oxygen atoms in total. The normalized spacial score (nSPS) is 21.7. The molecule has 3 heterocycles. The first-order chi connectivity index (χ1) is 11.6. The fourth-order valence-corrected chi connectivity index (χ4v) is 4.00. The highest BCUT2D eigenvalue weighted by molar-refractivity contribution is 5.74. The van der Waals surface area contributed by atoms with Crippen molar-refractivity contribution in [3.05, 3.63) is 18.0 Å². The Hall–Kier alpha value is -1.56. The molecule has 0 aliphatic carbocycles. The van der Waals surface area contributed by atoms with Crippen LogP contribution in [0.5, 0.6) is 0 Å². The van der Waals surface area contributed by atoms with Gasteiger partial charge in [0.15, 0.2) is 0 Å². The number of likely N-dealkylation sites (tertiary alicyclic amines) is 2. The monoisotopic (exact) mass is 333 g/mol. The van der Waals surface area contributed by atoms with E-state index in [0.29, 0.717) is 6.04 Å². The van der Waals surface area contributed by atoms with Gasteiger partial charge in [-0.2, -0.15) is 5.10 Å². The molecule has 1 aromatic heterocycles. The molecule has 0 aromatic carbocycles. The van der Waals surface area contributed by atoms with Gasteiger partial charge in [-0.3, -0.25) is 4.68 Å². The van der Waals surface area contributed by atoms with Crippen LogP contribution in [0.25, 0.3) is 0 Å². The van der Waals surface area contributed by atoms with Gasteiger partial charge < -0.3 is 15.1 Å². The molecule has 2 fully saturated rings. The van der Waals surface area contributed by atoms with Gasteiger partial charge in [-0.15, -0.1) is 0 Å². The lowest BCUT2D eigenvalue weighted by atomic mass is 10.00. The molecule has 24 heavy (non-hydrogen) atoms. The van der Waals surface area contributed by atoms with E-state index in [0.717, 1.165) is 37.9 Å². The Morgan fingerprint density at radius 3 is 2.58 bits per heavy atom. The van der Waals surface area contributed by atoms with Gasteiger partial charge in [-0.1, -0.05) is 6.42 Å². The minimum absolute atomic E-state index is 0.0866. The lowest BCUT2D eigenvalue weighted by molar-refractivity contribution is 0.101. The van der Waals surface area contributed by atoms with Crippen molar-refractivity contribution in [1.29, 1.82) is 0 Å². The molecule has 3 rings (SSSR count). The van der Waals surface area contributed by atoms with Crippen LogP contribution in [0, 0.1) is 0 Å². The Kier molecular flexibility index (Phi) is 5.76. The molecule has 0 saturated carbocycles. The fourth-order valence-electron chi connectivity index (χ4n) is 4.00. The topological polar surface area (TPSA) is 53.4 Å². The fraction of sp³-hybridized carbons (Fsp3) is 0.778. The zero-order valence-electron chi connectivity index (χ0n) is 15.1. The molecule has 1 aromatic rings. The Morgan fingerprint density at radius 2 is 1.96 bits per heavy atom. The molecule has 2 saturated heterocycles. The molecule has 2 amide bonds. The minimum Gasteiger partial charge on any atom is -0.335 e. The first kappa shape index (κ1) is 17.3. The van der Waals surface area contributed by atoms with Crippen molar-refractivity contribution in [3.8, 4) is 0 Å². The molecule has 0 bridgehead atoms. The summed E-state index contributed by atoms with van der Waals surface area (Å²) in [5.41, 5.74) is 1.16. The average molecular weight is 333 g/mol. The number of carbonyl (C=O) groups excluding carboxylic acids is 1. The molecule has 0 radical (unpaired) electrons. The largest absolute Gasteiger partial charge is 0.335 e. The van der Waals surface area contributed by atoms with E-state index in [-0.39, 0.29) is 12.1 Å². The van der Waals surface area contributed by atoms with Crippen molar-refractivity contribution in [2.75, 3.05) is 26.2 Å². The van der Waals surface area contributed by atoms with Crippen LogP contribution >= 0.6 is 0 Å². The van der Waals surface area contributed by atoms with E-state index in [1.807, 2.05) is 24.3 Å². The third-order valence-corrected chi connectivity index (χ3v) is 5.33. The number of piperidine rings is 2.